The van der Waals surface area contributed by atoms with E-state index in [0.717, 1.165) is 22.0 Å². The Kier molecular flexibility index (Phi) is 2.05. The number of rotatable bonds is 1. The molecule has 0 saturated heterocycles. The standard InChI is InChI=1S/C8H10N3OS/c1-4-11-5-2-3-10-6(8(9)12)7(5)13-4/h6H,2-3H2,1H3,(H2,9,12). The summed E-state index contributed by atoms with van der Waals surface area (Å²) in [7, 11) is 0. The number of nitrogens with two attached hydrogens (primary N) is 1. The highest BCUT2D eigenvalue weighted by Crippen LogP contribution is 2.29. The third kappa shape index (κ3) is 1.45. The predicted octanol–water partition coefficient (Wildman–Crippen LogP) is 0.138. The van der Waals surface area contributed by atoms with Gasteiger partial charge in [0.2, 0.25) is 5.91 Å². The van der Waals surface area contributed by atoms with E-state index in [1.165, 1.54) is 11.3 Å². The summed E-state index contributed by atoms with van der Waals surface area (Å²) >= 11 is 1.52. The molecule has 2 rings (SSSR count). The van der Waals surface area contributed by atoms with Crippen molar-refractivity contribution in [2.24, 2.45) is 5.73 Å². The average molecular weight is 196 g/mol. The molecule has 0 spiro atoms. The summed E-state index contributed by atoms with van der Waals surface area (Å²) in [5.74, 6) is -0.371. The van der Waals surface area contributed by atoms with Gasteiger partial charge in [-0.2, -0.15) is 0 Å². The van der Waals surface area contributed by atoms with Crippen molar-refractivity contribution in [3.8, 4) is 0 Å². The molecule has 13 heavy (non-hydrogen) atoms. The summed E-state index contributed by atoms with van der Waals surface area (Å²) in [5.41, 5.74) is 6.24. The van der Waals surface area contributed by atoms with Crippen molar-refractivity contribution in [1.29, 1.82) is 0 Å². The lowest BCUT2D eigenvalue weighted by molar-refractivity contribution is -0.120. The molecule has 5 heteroatoms. The molecule has 1 aromatic heterocycles. The molecule has 0 aromatic carbocycles. The third-order valence-corrected chi connectivity index (χ3v) is 3.08. The first-order chi connectivity index (χ1) is 6.18. The number of hydrogen-bond donors (Lipinski definition) is 1. The zero-order chi connectivity index (χ0) is 9.42. The maximum atomic E-state index is 11.0. The highest BCUT2D eigenvalue weighted by Gasteiger charge is 2.28. The Morgan fingerprint density at radius 3 is 3.15 bits per heavy atom. The second kappa shape index (κ2) is 3.08. The second-order valence-corrected chi connectivity index (χ2v) is 4.24. The van der Waals surface area contributed by atoms with E-state index < -0.39 is 6.04 Å². The number of fused-ring (bicyclic) bond motifs is 1. The van der Waals surface area contributed by atoms with Gasteiger partial charge in [-0.3, -0.25) is 4.79 Å². The van der Waals surface area contributed by atoms with Gasteiger partial charge in [0.15, 0.2) is 0 Å². The number of aryl methyl sites for hydroxylation is 1. The molecule has 0 bridgehead atoms. The molecule has 1 radical (unpaired) electrons. The Balaban J connectivity index is 2.41. The molecule has 1 aliphatic heterocycles. The molecule has 69 valence electrons. The molecule has 0 fully saturated rings. The summed E-state index contributed by atoms with van der Waals surface area (Å²) < 4.78 is 0. The topological polar surface area (TPSA) is 70.1 Å². The Hall–Kier alpha value is -0.940. The van der Waals surface area contributed by atoms with Gasteiger partial charge >= 0.3 is 0 Å². The zero-order valence-corrected chi connectivity index (χ0v) is 8.10. The van der Waals surface area contributed by atoms with Crippen LogP contribution in [-0.2, 0) is 11.2 Å². The van der Waals surface area contributed by atoms with Gasteiger partial charge in [-0.25, -0.2) is 10.3 Å². The normalized spacial score (nSPS) is 21.2. The molecule has 1 atom stereocenters. The number of aromatic nitrogens is 1. The molecule has 4 nitrogen and oxygen atoms in total. The van der Waals surface area contributed by atoms with Crippen LogP contribution in [0.2, 0.25) is 0 Å². The zero-order valence-electron chi connectivity index (χ0n) is 7.28. The molecule has 2 heterocycles. The Bertz CT molecular complexity index is 347. The van der Waals surface area contributed by atoms with Crippen LogP contribution in [0.15, 0.2) is 0 Å². The fraction of sp³-hybridized carbons (Fsp3) is 0.500. The number of carbonyl (C=O) groups is 1. The van der Waals surface area contributed by atoms with Crippen molar-refractivity contribution in [3.05, 3.63) is 15.6 Å². The summed E-state index contributed by atoms with van der Waals surface area (Å²) in [6.07, 6.45) is 0.837. The van der Waals surface area contributed by atoms with Crippen LogP contribution >= 0.6 is 11.3 Å². The highest BCUT2D eigenvalue weighted by molar-refractivity contribution is 7.11. The monoisotopic (exact) mass is 196 g/mol. The van der Waals surface area contributed by atoms with Gasteiger partial charge in [0.25, 0.3) is 0 Å². The quantitative estimate of drug-likeness (QED) is 0.694. The first kappa shape index (κ1) is 8.65. The van der Waals surface area contributed by atoms with Gasteiger partial charge < -0.3 is 5.73 Å². The van der Waals surface area contributed by atoms with Crippen molar-refractivity contribution < 1.29 is 4.79 Å². The molecule has 0 aliphatic carbocycles. The Morgan fingerprint density at radius 1 is 1.69 bits per heavy atom. The number of amides is 1. The number of thiazole rings is 1. The van der Waals surface area contributed by atoms with Crippen LogP contribution in [0.4, 0.5) is 0 Å². The maximum Gasteiger partial charge on any atom is 0.241 e. The Morgan fingerprint density at radius 2 is 2.46 bits per heavy atom. The van der Waals surface area contributed by atoms with E-state index >= 15 is 0 Å². The minimum Gasteiger partial charge on any atom is -0.368 e. The largest absolute Gasteiger partial charge is 0.368 e. The van der Waals surface area contributed by atoms with Gasteiger partial charge in [0, 0.05) is 13.0 Å². The lowest BCUT2D eigenvalue weighted by Gasteiger charge is -2.17. The molecular formula is C8H10N3OS. The third-order valence-electron chi connectivity index (χ3n) is 2.01. The summed E-state index contributed by atoms with van der Waals surface area (Å²) in [6, 6.07) is -0.449. The molecule has 1 unspecified atom stereocenters. The van der Waals surface area contributed by atoms with Crippen LogP contribution in [0.1, 0.15) is 21.6 Å². The Labute approximate surface area is 80.2 Å². The van der Waals surface area contributed by atoms with E-state index in [1.807, 2.05) is 6.92 Å². The van der Waals surface area contributed by atoms with Crippen molar-refractivity contribution in [2.75, 3.05) is 6.54 Å². The van der Waals surface area contributed by atoms with Gasteiger partial charge in [-0.1, -0.05) is 0 Å². The van der Waals surface area contributed by atoms with Crippen molar-refractivity contribution in [3.63, 3.8) is 0 Å². The predicted molar refractivity (Wildman–Crippen MR) is 49.5 cm³/mol. The molecule has 0 saturated carbocycles. The summed E-state index contributed by atoms with van der Waals surface area (Å²) in [4.78, 5) is 16.3. The van der Waals surface area contributed by atoms with E-state index in [-0.39, 0.29) is 5.91 Å². The second-order valence-electron chi connectivity index (χ2n) is 3.00. The van der Waals surface area contributed by atoms with Crippen LogP contribution in [0.5, 0.6) is 0 Å². The van der Waals surface area contributed by atoms with E-state index in [0.29, 0.717) is 6.54 Å². The minimum absolute atomic E-state index is 0.371. The van der Waals surface area contributed by atoms with Crippen LogP contribution in [0.25, 0.3) is 0 Å². The van der Waals surface area contributed by atoms with Gasteiger partial charge in [0.05, 0.1) is 15.6 Å². The number of hydrogen-bond acceptors (Lipinski definition) is 3. The molecule has 2 N–H and O–H groups in total. The number of carbonyl (C=O) groups excluding carboxylic acids is 1. The van der Waals surface area contributed by atoms with Gasteiger partial charge in [-0.15, -0.1) is 11.3 Å². The van der Waals surface area contributed by atoms with Crippen molar-refractivity contribution in [1.82, 2.24) is 10.3 Å². The van der Waals surface area contributed by atoms with Gasteiger partial charge in [-0.05, 0) is 6.92 Å². The maximum absolute atomic E-state index is 11.0. The van der Waals surface area contributed by atoms with Crippen LogP contribution in [-0.4, -0.2) is 17.4 Å². The number of nitrogens with zero attached hydrogens (tertiary/aromatic N) is 2. The summed E-state index contributed by atoms with van der Waals surface area (Å²) in [6.45, 7) is 2.59. The van der Waals surface area contributed by atoms with Crippen LogP contribution < -0.4 is 11.1 Å². The lowest BCUT2D eigenvalue weighted by Crippen LogP contribution is -2.33. The highest BCUT2D eigenvalue weighted by atomic mass is 32.1. The first-order valence-corrected chi connectivity index (χ1v) is 4.92. The minimum atomic E-state index is -0.449. The van der Waals surface area contributed by atoms with E-state index in [1.54, 1.807) is 0 Å². The lowest BCUT2D eigenvalue weighted by atomic mass is 10.1. The number of primary amides is 1. The van der Waals surface area contributed by atoms with Crippen LogP contribution in [0, 0.1) is 6.92 Å². The van der Waals surface area contributed by atoms with E-state index in [9.17, 15) is 4.79 Å². The first-order valence-electron chi connectivity index (χ1n) is 4.10. The van der Waals surface area contributed by atoms with Crippen molar-refractivity contribution >= 4 is 17.2 Å². The van der Waals surface area contributed by atoms with Crippen LogP contribution in [0.3, 0.4) is 0 Å². The molecule has 1 aliphatic rings. The van der Waals surface area contributed by atoms with Gasteiger partial charge in [0.1, 0.15) is 6.04 Å². The SMILES string of the molecule is Cc1nc2c(s1)C(C(N)=O)[N]CC2. The molecule has 1 aromatic rings. The summed E-state index contributed by atoms with van der Waals surface area (Å²) in [5, 5.41) is 5.16. The smallest absolute Gasteiger partial charge is 0.241 e. The fourth-order valence-corrected chi connectivity index (χ4v) is 2.52. The fourth-order valence-electron chi connectivity index (χ4n) is 1.48. The van der Waals surface area contributed by atoms with Crippen molar-refractivity contribution in [2.45, 2.75) is 19.4 Å². The molecular weight excluding hydrogens is 186 g/mol. The average Bonchev–Trinajstić information content (AvgIpc) is 2.43. The van der Waals surface area contributed by atoms with E-state index in [4.69, 9.17) is 5.73 Å². The molecule has 1 amide bonds. The van der Waals surface area contributed by atoms with E-state index in [2.05, 4.69) is 10.3 Å².